The van der Waals surface area contributed by atoms with E-state index < -0.39 is 7.92 Å². The molecule has 98 valence electrons. The molecular weight excluding hydrogens is 269 g/mol. The summed E-state index contributed by atoms with van der Waals surface area (Å²) in [6.07, 6.45) is 2.12. The van der Waals surface area contributed by atoms with Gasteiger partial charge in [-0.3, -0.25) is 4.99 Å². The molecular formula is C16H18NPS. The summed E-state index contributed by atoms with van der Waals surface area (Å²) in [5, 5.41) is 2.73. The predicted molar refractivity (Wildman–Crippen MR) is 90.6 cm³/mol. The van der Waals surface area contributed by atoms with Gasteiger partial charge in [-0.15, -0.1) is 11.8 Å². The van der Waals surface area contributed by atoms with E-state index in [0.717, 1.165) is 6.54 Å². The second kappa shape index (κ2) is 7.47. The first-order chi connectivity index (χ1) is 9.36. The minimum atomic E-state index is -0.507. The van der Waals surface area contributed by atoms with Crippen LogP contribution in [0.4, 0.5) is 0 Å². The number of hydrogen-bond acceptors (Lipinski definition) is 2. The molecule has 0 saturated carbocycles. The van der Waals surface area contributed by atoms with Crippen molar-refractivity contribution < 1.29 is 0 Å². The maximum absolute atomic E-state index is 4.70. The molecule has 0 saturated heterocycles. The average Bonchev–Trinajstić information content (AvgIpc) is 2.49. The Bertz CT molecular complexity index is 485. The van der Waals surface area contributed by atoms with Gasteiger partial charge in [-0.2, -0.15) is 0 Å². The molecule has 0 fully saturated rings. The third-order valence-corrected chi connectivity index (χ3v) is 6.44. The van der Waals surface area contributed by atoms with Gasteiger partial charge in [0.2, 0.25) is 0 Å². The molecule has 2 aromatic rings. The zero-order valence-corrected chi connectivity index (χ0v) is 13.0. The van der Waals surface area contributed by atoms with Gasteiger partial charge in [0.05, 0.1) is 4.78 Å². The summed E-state index contributed by atoms with van der Waals surface area (Å²) in [6, 6.07) is 21.4. The summed E-state index contributed by atoms with van der Waals surface area (Å²) in [6.45, 7) is 2.94. The van der Waals surface area contributed by atoms with Gasteiger partial charge >= 0.3 is 0 Å². The monoisotopic (exact) mass is 287 g/mol. The van der Waals surface area contributed by atoms with Crippen LogP contribution >= 0.6 is 19.7 Å². The third-order valence-electron chi connectivity index (χ3n) is 2.70. The second-order valence-corrected chi connectivity index (χ2v) is 7.19. The van der Waals surface area contributed by atoms with E-state index in [1.54, 1.807) is 11.8 Å². The van der Waals surface area contributed by atoms with Gasteiger partial charge in [-0.05, 0) is 23.8 Å². The quantitative estimate of drug-likeness (QED) is 0.472. The Labute approximate surface area is 120 Å². The lowest BCUT2D eigenvalue weighted by Gasteiger charge is -2.19. The van der Waals surface area contributed by atoms with Crippen LogP contribution in [0.5, 0.6) is 0 Å². The molecule has 0 radical (unpaired) electrons. The van der Waals surface area contributed by atoms with Crippen LogP contribution in [-0.2, 0) is 0 Å². The highest BCUT2D eigenvalue weighted by Crippen LogP contribution is 2.39. The first-order valence-corrected chi connectivity index (χ1v) is 8.92. The Hall–Kier alpha value is -1.11. The molecule has 0 amide bonds. The molecule has 0 heterocycles. The summed E-state index contributed by atoms with van der Waals surface area (Å²) in [5.41, 5.74) is 0. The highest BCUT2D eigenvalue weighted by Gasteiger charge is 2.19. The van der Waals surface area contributed by atoms with Gasteiger partial charge in [0, 0.05) is 14.5 Å². The molecule has 0 atom stereocenters. The maximum Gasteiger partial charge on any atom is 0.0988 e. The molecule has 0 aromatic heterocycles. The molecule has 0 aliphatic heterocycles. The fourth-order valence-corrected chi connectivity index (χ4v) is 5.47. The topological polar surface area (TPSA) is 12.4 Å². The first kappa shape index (κ1) is 14.3. The van der Waals surface area contributed by atoms with Gasteiger partial charge in [-0.25, -0.2) is 0 Å². The summed E-state index contributed by atoms with van der Waals surface area (Å²) >= 11 is 1.77. The SMILES string of the molecule is CCN=C(SC)P(c1ccccc1)c1ccccc1. The maximum atomic E-state index is 4.70. The van der Waals surface area contributed by atoms with Crippen LogP contribution in [0, 0.1) is 0 Å². The molecule has 0 spiro atoms. The van der Waals surface area contributed by atoms with Crippen molar-refractivity contribution in [3.8, 4) is 0 Å². The van der Waals surface area contributed by atoms with Gasteiger partial charge in [-0.1, -0.05) is 60.7 Å². The Morgan fingerprint density at radius 3 is 1.79 bits per heavy atom. The molecule has 0 aliphatic carbocycles. The van der Waals surface area contributed by atoms with E-state index in [9.17, 15) is 0 Å². The van der Waals surface area contributed by atoms with Crippen LogP contribution in [0.15, 0.2) is 65.7 Å². The smallest absolute Gasteiger partial charge is 0.0988 e. The van der Waals surface area contributed by atoms with Crippen molar-refractivity contribution in [2.24, 2.45) is 4.99 Å². The highest BCUT2D eigenvalue weighted by molar-refractivity contribution is 8.28. The van der Waals surface area contributed by atoms with E-state index in [4.69, 9.17) is 4.99 Å². The molecule has 0 bridgehead atoms. The normalized spacial score (nSPS) is 11.8. The Morgan fingerprint density at radius 1 is 0.947 bits per heavy atom. The van der Waals surface area contributed by atoms with Crippen LogP contribution in [-0.4, -0.2) is 17.6 Å². The minimum Gasteiger partial charge on any atom is -0.278 e. The van der Waals surface area contributed by atoms with Gasteiger partial charge in [0.1, 0.15) is 0 Å². The number of aliphatic imine (C=N–C) groups is 1. The first-order valence-electron chi connectivity index (χ1n) is 6.35. The molecule has 3 heteroatoms. The fourth-order valence-electron chi connectivity index (χ4n) is 1.89. The molecule has 19 heavy (non-hydrogen) atoms. The van der Waals surface area contributed by atoms with Crippen molar-refractivity contribution in [2.75, 3.05) is 12.8 Å². The molecule has 0 aliphatic rings. The Morgan fingerprint density at radius 2 is 1.42 bits per heavy atom. The minimum absolute atomic E-state index is 0.507. The van der Waals surface area contributed by atoms with Crippen molar-refractivity contribution in [3.63, 3.8) is 0 Å². The summed E-state index contributed by atoms with van der Waals surface area (Å²) in [7, 11) is -0.507. The van der Waals surface area contributed by atoms with Crippen LogP contribution < -0.4 is 10.6 Å². The Balaban J connectivity index is 2.48. The number of thioether (sulfide) groups is 1. The van der Waals surface area contributed by atoms with Crippen molar-refractivity contribution in [1.29, 1.82) is 0 Å². The van der Waals surface area contributed by atoms with E-state index in [2.05, 4.69) is 73.8 Å². The van der Waals surface area contributed by atoms with Gasteiger partial charge in [0.25, 0.3) is 0 Å². The molecule has 1 nitrogen and oxygen atoms in total. The number of benzene rings is 2. The summed E-state index contributed by atoms with van der Waals surface area (Å²) in [4.78, 5) is 5.95. The zero-order chi connectivity index (χ0) is 13.5. The van der Waals surface area contributed by atoms with Crippen LogP contribution in [0.25, 0.3) is 0 Å². The summed E-state index contributed by atoms with van der Waals surface area (Å²) < 4.78 is 0. The second-order valence-electron chi connectivity index (χ2n) is 3.97. The van der Waals surface area contributed by atoms with E-state index in [0.29, 0.717) is 0 Å². The zero-order valence-electron chi connectivity index (χ0n) is 11.3. The number of rotatable bonds is 4. The standard InChI is InChI=1S/C16H18NPS/c1-3-17-16(19-2)18(14-10-6-4-7-11-14)15-12-8-5-9-13-15/h4-13H,3H2,1-2H3. The van der Waals surface area contributed by atoms with Crippen molar-refractivity contribution in [3.05, 3.63) is 60.7 Å². The molecule has 2 rings (SSSR count). The third kappa shape index (κ3) is 3.68. The molecule has 2 aromatic carbocycles. The molecule has 0 unspecified atom stereocenters. The summed E-state index contributed by atoms with van der Waals surface area (Å²) in [5.74, 6) is 0. The lowest BCUT2D eigenvalue weighted by Crippen LogP contribution is -2.16. The fraction of sp³-hybridized carbons (Fsp3) is 0.188. The lowest BCUT2D eigenvalue weighted by molar-refractivity contribution is 1.14. The van der Waals surface area contributed by atoms with Gasteiger partial charge in [0.15, 0.2) is 0 Å². The van der Waals surface area contributed by atoms with Gasteiger partial charge < -0.3 is 0 Å². The van der Waals surface area contributed by atoms with Crippen LogP contribution in [0.1, 0.15) is 6.92 Å². The van der Waals surface area contributed by atoms with E-state index in [1.165, 1.54) is 15.4 Å². The van der Waals surface area contributed by atoms with Crippen LogP contribution in [0.2, 0.25) is 0 Å². The lowest BCUT2D eigenvalue weighted by atomic mass is 10.4. The van der Waals surface area contributed by atoms with Crippen LogP contribution in [0.3, 0.4) is 0 Å². The molecule has 0 N–H and O–H groups in total. The predicted octanol–water partition coefficient (Wildman–Crippen LogP) is 3.86. The van der Waals surface area contributed by atoms with E-state index in [-0.39, 0.29) is 0 Å². The largest absolute Gasteiger partial charge is 0.278 e. The van der Waals surface area contributed by atoms with Crippen molar-refractivity contribution in [1.82, 2.24) is 0 Å². The Kier molecular flexibility index (Phi) is 5.62. The average molecular weight is 287 g/mol. The number of hydrogen-bond donors (Lipinski definition) is 0. The highest BCUT2D eigenvalue weighted by atomic mass is 32.2. The van der Waals surface area contributed by atoms with E-state index >= 15 is 0 Å². The van der Waals surface area contributed by atoms with Crippen molar-refractivity contribution in [2.45, 2.75) is 6.92 Å². The van der Waals surface area contributed by atoms with Crippen molar-refractivity contribution >= 4 is 35.1 Å². The number of nitrogens with zero attached hydrogens (tertiary/aromatic N) is 1. The van der Waals surface area contributed by atoms with E-state index in [1.807, 2.05) is 0 Å².